The quantitative estimate of drug-likeness (QED) is 0.816. The maximum Gasteiger partial charge on any atom is 0.417 e. The van der Waals surface area contributed by atoms with Crippen LogP contribution in [0.4, 0.5) is 23.7 Å². The molecule has 3 amide bonds. The lowest BCUT2D eigenvalue weighted by Gasteiger charge is -2.11. The topological polar surface area (TPSA) is 71.1 Å². The van der Waals surface area contributed by atoms with E-state index in [4.69, 9.17) is 23.2 Å². The van der Waals surface area contributed by atoms with Crippen molar-refractivity contribution in [3.05, 3.63) is 57.8 Å². The Kier molecular flexibility index (Phi) is 5.30. The Morgan fingerprint density at radius 1 is 1.04 bits per heavy atom. The number of carbonyl (C=O) groups excluding carboxylic acids is 2. The molecule has 10 heteroatoms. The first-order valence-electron chi connectivity index (χ1n) is 6.28. The first-order chi connectivity index (χ1) is 11.2. The zero-order chi connectivity index (χ0) is 17.9. The van der Waals surface area contributed by atoms with Crippen LogP contribution < -0.4 is 10.6 Å². The van der Waals surface area contributed by atoms with Crippen LogP contribution >= 0.6 is 23.2 Å². The van der Waals surface area contributed by atoms with E-state index in [1.807, 2.05) is 5.32 Å². The molecule has 0 unspecified atom stereocenters. The van der Waals surface area contributed by atoms with Crippen molar-refractivity contribution in [3.8, 4) is 0 Å². The Bertz CT molecular complexity index is 780. The summed E-state index contributed by atoms with van der Waals surface area (Å²) in [6.45, 7) is 0. The number of aromatic nitrogens is 1. The van der Waals surface area contributed by atoms with E-state index in [9.17, 15) is 22.8 Å². The normalized spacial score (nSPS) is 11.0. The molecule has 0 spiro atoms. The van der Waals surface area contributed by atoms with Gasteiger partial charge in [0.1, 0.15) is 5.69 Å². The van der Waals surface area contributed by atoms with Crippen LogP contribution in [0.3, 0.4) is 0 Å². The van der Waals surface area contributed by atoms with Crippen molar-refractivity contribution in [1.29, 1.82) is 0 Å². The Labute approximate surface area is 143 Å². The summed E-state index contributed by atoms with van der Waals surface area (Å²) in [6, 6.07) is 5.63. The van der Waals surface area contributed by atoms with Crippen molar-refractivity contribution >= 4 is 40.8 Å². The zero-order valence-corrected chi connectivity index (χ0v) is 13.1. The molecule has 126 valence electrons. The molecule has 0 aliphatic heterocycles. The molecule has 0 saturated carbocycles. The van der Waals surface area contributed by atoms with E-state index < -0.39 is 34.4 Å². The molecule has 0 bridgehead atoms. The number of hydrogen-bond donors (Lipinski definition) is 2. The van der Waals surface area contributed by atoms with E-state index in [0.717, 1.165) is 6.20 Å². The third kappa shape index (κ3) is 4.36. The summed E-state index contributed by atoms with van der Waals surface area (Å²) in [5.41, 5.74) is -1.60. The number of anilines is 1. The van der Waals surface area contributed by atoms with Gasteiger partial charge < -0.3 is 5.32 Å². The van der Waals surface area contributed by atoms with Gasteiger partial charge in [0.05, 0.1) is 10.6 Å². The molecule has 24 heavy (non-hydrogen) atoms. The number of nitrogens with one attached hydrogen (secondary N) is 2. The summed E-state index contributed by atoms with van der Waals surface area (Å²) < 4.78 is 38.2. The van der Waals surface area contributed by atoms with E-state index in [0.29, 0.717) is 16.8 Å². The van der Waals surface area contributed by atoms with Gasteiger partial charge in [0, 0.05) is 16.9 Å². The first kappa shape index (κ1) is 18.0. The fraction of sp³-hybridized carbons (Fsp3) is 0.0714. The average molecular weight is 378 g/mol. The molecule has 0 fully saturated rings. The molecule has 0 radical (unpaired) electrons. The van der Waals surface area contributed by atoms with Gasteiger partial charge in [0.2, 0.25) is 0 Å². The molecule has 0 atom stereocenters. The van der Waals surface area contributed by atoms with Crippen LogP contribution in [0.2, 0.25) is 10.0 Å². The lowest BCUT2D eigenvalue weighted by Crippen LogP contribution is -2.35. The van der Waals surface area contributed by atoms with E-state index >= 15 is 0 Å². The molecule has 2 aromatic rings. The predicted molar refractivity (Wildman–Crippen MR) is 82.2 cm³/mol. The van der Waals surface area contributed by atoms with Crippen molar-refractivity contribution in [3.63, 3.8) is 0 Å². The number of pyridine rings is 1. The Morgan fingerprint density at radius 3 is 2.25 bits per heavy atom. The lowest BCUT2D eigenvalue weighted by atomic mass is 10.2. The Morgan fingerprint density at radius 2 is 1.67 bits per heavy atom. The molecule has 0 aliphatic carbocycles. The first-order valence-corrected chi connectivity index (χ1v) is 7.03. The average Bonchev–Trinajstić information content (AvgIpc) is 2.48. The second-order valence-electron chi connectivity index (χ2n) is 4.43. The minimum Gasteiger partial charge on any atom is -0.308 e. The zero-order valence-electron chi connectivity index (χ0n) is 11.6. The summed E-state index contributed by atoms with van der Waals surface area (Å²) in [5, 5.41) is 3.71. The number of nitrogens with zero attached hydrogens (tertiary/aromatic N) is 1. The van der Waals surface area contributed by atoms with Crippen LogP contribution in [0.15, 0.2) is 36.5 Å². The van der Waals surface area contributed by atoms with Gasteiger partial charge in [-0.05, 0) is 30.3 Å². The van der Waals surface area contributed by atoms with Crippen LogP contribution in [-0.2, 0) is 6.18 Å². The van der Waals surface area contributed by atoms with E-state index in [1.54, 1.807) is 0 Å². The standard InChI is InChI=1S/C14H8Cl2F3N3O2/c15-7-1-3-8(4-2-7)21-13(24)22-12(23)11-10(16)9(5-6-20-11)14(17,18)19/h1-6H,(H2,21,22,23,24). The number of alkyl halides is 3. The number of hydrogen-bond acceptors (Lipinski definition) is 3. The Balaban J connectivity index is 2.12. The molecular formula is C14H8Cl2F3N3O2. The molecular weight excluding hydrogens is 370 g/mol. The van der Waals surface area contributed by atoms with E-state index in [2.05, 4.69) is 10.3 Å². The summed E-state index contributed by atoms with van der Waals surface area (Å²) >= 11 is 11.2. The van der Waals surface area contributed by atoms with Crippen molar-refractivity contribution in [2.24, 2.45) is 0 Å². The van der Waals surface area contributed by atoms with Crippen LogP contribution in [0, 0.1) is 0 Å². The molecule has 1 heterocycles. The number of rotatable bonds is 2. The fourth-order valence-electron chi connectivity index (χ4n) is 1.68. The SMILES string of the molecule is O=C(NC(=O)c1nccc(C(F)(F)F)c1Cl)Nc1ccc(Cl)cc1. The Hall–Kier alpha value is -2.32. The lowest BCUT2D eigenvalue weighted by molar-refractivity contribution is -0.137. The number of halogens is 5. The molecule has 2 rings (SSSR count). The minimum absolute atomic E-state index is 0.327. The van der Waals surface area contributed by atoms with Gasteiger partial charge in [-0.1, -0.05) is 23.2 Å². The van der Waals surface area contributed by atoms with Crippen LogP contribution in [-0.4, -0.2) is 16.9 Å². The largest absolute Gasteiger partial charge is 0.417 e. The van der Waals surface area contributed by atoms with Crippen LogP contribution in [0.1, 0.15) is 16.1 Å². The molecule has 1 aromatic carbocycles. The summed E-state index contributed by atoms with van der Waals surface area (Å²) in [4.78, 5) is 27.1. The molecule has 0 aliphatic rings. The monoisotopic (exact) mass is 377 g/mol. The highest BCUT2D eigenvalue weighted by Gasteiger charge is 2.35. The van der Waals surface area contributed by atoms with E-state index in [1.165, 1.54) is 24.3 Å². The molecule has 1 aromatic heterocycles. The highest BCUT2D eigenvalue weighted by atomic mass is 35.5. The predicted octanol–water partition coefficient (Wildman–Crippen LogP) is 4.37. The molecule has 0 saturated heterocycles. The van der Waals surface area contributed by atoms with E-state index in [-0.39, 0.29) is 0 Å². The van der Waals surface area contributed by atoms with Gasteiger partial charge >= 0.3 is 12.2 Å². The number of benzene rings is 1. The summed E-state index contributed by atoms with van der Waals surface area (Å²) in [6.07, 6.45) is -3.97. The number of imide groups is 1. The van der Waals surface area contributed by atoms with Crippen molar-refractivity contribution < 1.29 is 22.8 Å². The summed E-state index contributed by atoms with van der Waals surface area (Å²) in [7, 11) is 0. The van der Waals surface area contributed by atoms with Gasteiger partial charge in [-0.25, -0.2) is 9.78 Å². The minimum atomic E-state index is -4.75. The highest BCUT2D eigenvalue weighted by Crippen LogP contribution is 2.35. The summed E-state index contributed by atoms with van der Waals surface area (Å²) in [5.74, 6) is -1.17. The maximum absolute atomic E-state index is 12.7. The second-order valence-corrected chi connectivity index (χ2v) is 5.25. The fourth-order valence-corrected chi connectivity index (χ4v) is 2.11. The van der Waals surface area contributed by atoms with Gasteiger partial charge in [0.15, 0.2) is 0 Å². The van der Waals surface area contributed by atoms with Gasteiger partial charge in [0.25, 0.3) is 5.91 Å². The second kappa shape index (κ2) is 7.06. The third-order valence-corrected chi connectivity index (χ3v) is 3.37. The van der Waals surface area contributed by atoms with Crippen molar-refractivity contribution in [2.45, 2.75) is 6.18 Å². The number of urea groups is 1. The number of amides is 3. The van der Waals surface area contributed by atoms with Crippen LogP contribution in [0.5, 0.6) is 0 Å². The highest BCUT2D eigenvalue weighted by molar-refractivity contribution is 6.34. The van der Waals surface area contributed by atoms with Gasteiger partial charge in [-0.3, -0.25) is 10.1 Å². The maximum atomic E-state index is 12.7. The van der Waals surface area contributed by atoms with Crippen molar-refractivity contribution in [1.82, 2.24) is 10.3 Å². The molecule has 2 N–H and O–H groups in total. The smallest absolute Gasteiger partial charge is 0.308 e. The molecule has 5 nitrogen and oxygen atoms in total. The third-order valence-electron chi connectivity index (χ3n) is 2.74. The van der Waals surface area contributed by atoms with Crippen molar-refractivity contribution in [2.75, 3.05) is 5.32 Å². The van der Waals surface area contributed by atoms with Gasteiger partial charge in [-0.15, -0.1) is 0 Å². The van der Waals surface area contributed by atoms with Crippen LogP contribution in [0.25, 0.3) is 0 Å². The number of carbonyl (C=O) groups is 2. The van der Waals surface area contributed by atoms with Gasteiger partial charge in [-0.2, -0.15) is 13.2 Å².